The van der Waals surface area contributed by atoms with E-state index in [-0.39, 0.29) is 0 Å². The number of carboxylic acids is 1. The summed E-state index contributed by atoms with van der Waals surface area (Å²) in [6.45, 7) is 0. The number of aliphatic carboxylic acids is 1. The smallest absolute Gasteiger partial charge is 0.337 e. The van der Waals surface area contributed by atoms with Gasteiger partial charge in [0, 0.05) is 32.2 Å². The van der Waals surface area contributed by atoms with Gasteiger partial charge in [0.2, 0.25) is 0 Å². The predicted octanol–water partition coefficient (Wildman–Crippen LogP) is 8.14. The van der Waals surface area contributed by atoms with Gasteiger partial charge >= 0.3 is 5.97 Å². The highest BCUT2D eigenvalue weighted by atomic mass is 32.1. The third kappa shape index (κ3) is 3.95. The number of carbonyl (C=O) groups is 1. The van der Waals surface area contributed by atoms with Crippen LogP contribution >= 0.6 is 11.3 Å². The van der Waals surface area contributed by atoms with E-state index in [1.165, 1.54) is 10.1 Å². The Kier molecular flexibility index (Phi) is 5.76. The second-order valence-electron chi connectivity index (χ2n) is 8.98. The van der Waals surface area contributed by atoms with Crippen LogP contribution in [0.2, 0.25) is 0 Å². The molecule has 3 nitrogen and oxygen atoms in total. The summed E-state index contributed by atoms with van der Waals surface area (Å²) in [6.07, 6.45) is 5.69. The van der Waals surface area contributed by atoms with Crippen molar-refractivity contribution in [1.29, 1.82) is 0 Å². The van der Waals surface area contributed by atoms with Crippen LogP contribution in [0.4, 0.5) is 0 Å². The molecule has 0 saturated carbocycles. The number of hydrogen-bond acceptors (Lipinski definition) is 3. The first-order valence-electron chi connectivity index (χ1n) is 12.0. The third-order valence-electron chi connectivity index (χ3n) is 6.78. The molecule has 2 atom stereocenters. The van der Waals surface area contributed by atoms with Crippen molar-refractivity contribution in [3.8, 4) is 0 Å². The molecule has 0 bridgehead atoms. The highest BCUT2D eigenvalue weighted by Crippen LogP contribution is 2.47. The molecule has 1 aliphatic rings. The monoisotopic (exact) mass is 488 g/mol. The number of allylic oxidation sites excluding steroid dienone is 2. The van der Waals surface area contributed by atoms with Crippen LogP contribution in [0.1, 0.15) is 29.2 Å². The van der Waals surface area contributed by atoms with Gasteiger partial charge in [-0.05, 0) is 28.8 Å². The summed E-state index contributed by atoms with van der Waals surface area (Å²) in [7, 11) is 0. The normalized spacial score (nSPS) is 18.3. The van der Waals surface area contributed by atoms with Crippen LogP contribution in [-0.2, 0) is 15.1 Å². The van der Waals surface area contributed by atoms with Crippen LogP contribution in [0.5, 0.6) is 0 Å². The summed E-state index contributed by atoms with van der Waals surface area (Å²) in [5.41, 5.74) is 2.91. The van der Waals surface area contributed by atoms with Crippen molar-refractivity contribution >= 4 is 43.1 Å². The van der Waals surface area contributed by atoms with Crippen LogP contribution in [0, 0.1) is 0 Å². The molecule has 0 saturated heterocycles. The number of fused-ring (bicyclic) bond motifs is 3. The Bertz CT molecular complexity index is 1620. The Hall–Kier alpha value is -3.99. The number of benzene rings is 4. The quantitative estimate of drug-likeness (QED) is 0.262. The molecule has 4 aromatic carbocycles. The Morgan fingerprint density at radius 3 is 2.25 bits per heavy atom. The fourth-order valence-electron chi connectivity index (χ4n) is 5.00. The number of hydrogen-bond donors (Lipinski definition) is 1. The van der Waals surface area contributed by atoms with Crippen LogP contribution in [-0.4, -0.2) is 11.1 Å². The van der Waals surface area contributed by atoms with E-state index in [2.05, 4.69) is 60.7 Å². The second kappa shape index (κ2) is 9.23. The fourth-order valence-corrected chi connectivity index (χ4v) is 6.29. The minimum Gasteiger partial charge on any atom is -0.479 e. The Morgan fingerprint density at radius 2 is 1.53 bits per heavy atom. The molecule has 4 heteroatoms. The molecule has 0 radical (unpaired) electrons. The molecule has 6 rings (SSSR count). The first kappa shape index (κ1) is 22.5. The average Bonchev–Trinajstić information content (AvgIpc) is 3.32. The summed E-state index contributed by atoms with van der Waals surface area (Å²) in [4.78, 5) is 12.5. The molecular formula is C32H24O3S. The van der Waals surface area contributed by atoms with Gasteiger partial charge in [0.25, 0.3) is 0 Å². The van der Waals surface area contributed by atoms with Crippen molar-refractivity contribution in [2.45, 2.75) is 18.1 Å². The predicted molar refractivity (Wildman–Crippen MR) is 147 cm³/mol. The third-order valence-corrected chi connectivity index (χ3v) is 8.00. The van der Waals surface area contributed by atoms with Crippen LogP contribution in [0.15, 0.2) is 121 Å². The van der Waals surface area contributed by atoms with Crippen molar-refractivity contribution in [3.05, 3.63) is 138 Å². The molecule has 0 fully saturated rings. The number of ether oxygens (including phenoxy) is 1. The lowest BCUT2D eigenvalue weighted by Gasteiger charge is -2.36. The van der Waals surface area contributed by atoms with Crippen molar-refractivity contribution in [2.75, 3.05) is 0 Å². The molecule has 1 N–H and O–H groups in total. The molecule has 176 valence electrons. The minimum atomic E-state index is -1.10. The Balaban J connectivity index is 1.52. The first-order valence-corrected chi connectivity index (χ1v) is 12.8. The van der Waals surface area contributed by atoms with Crippen molar-refractivity contribution < 1.29 is 14.6 Å². The van der Waals surface area contributed by atoms with Gasteiger partial charge in [0.05, 0.1) is 0 Å². The molecule has 1 heterocycles. The van der Waals surface area contributed by atoms with Gasteiger partial charge in [-0.25, -0.2) is 4.79 Å². The maximum atomic E-state index is 12.5. The van der Waals surface area contributed by atoms with E-state index >= 15 is 0 Å². The lowest BCUT2D eigenvalue weighted by atomic mass is 9.83. The zero-order valence-corrected chi connectivity index (χ0v) is 20.3. The number of thiophene rings is 1. The van der Waals surface area contributed by atoms with E-state index in [0.717, 1.165) is 26.8 Å². The highest BCUT2D eigenvalue weighted by Gasteiger charge is 2.39. The average molecular weight is 489 g/mol. The van der Waals surface area contributed by atoms with Gasteiger partial charge < -0.3 is 9.84 Å². The SMILES string of the molecule is O=C(O)C(OC1(c2cccc3c2sc2ccccc23)C=CC(c2ccccc2)=CC1)c1ccccc1. The Morgan fingerprint density at radius 1 is 0.833 bits per heavy atom. The van der Waals surface area contributed by atoms with Crippen LogP contribution in [0.3, 0.4) is 0 Å². The van der Waals surface area contributed by atoms with E-state index in [1.807, 2.05) is 60.7 Å². The van der Waals surface area contributed by atoms with Gasteiger partial charge in [-0.15, -0.1) is 11.3 Å². The molecule has 36 heavy (non-hydrogen) atoms. The van der Waals surface area contributed by atoms with Gasteiger partial charge in [-0.2, -0.15) is 0 Å². The zero-order chi connectivity index (χ0) is 24.5. The first-order chi connectivity index (χ1) is 17.6. The molecule has 1 aliphatic carbocycles. The second-order valence-corrected chi connectivity index (χ2v) is 10.0. The largest absolute Gasteiger partial charge is 0.479 e. The molecule has 0 spiro atoms. The van der Waals surface area contributed by atoms with Gasteiger partial charge in [-0.1, -0.05) is 109 Å². The fraction of sp³-hybridized carbons (Fsp3) is 0.0938. The molecular weight excluding hydrogens is 464 g/mol. The van der Waals surface area contributed by atoms with Crippen molar-refractivity contribution in [2.24, 2.45) is 0 Å². The standard InChI is InChI=1S/C32H24O3S/c33-31(34)29(24-12-5-2-6-13-24)35-32(20-18-23(19-21-32)22-10-3-1-4-11-22)27-16-9-15-26-25-14-7-8-17-28(25)36-30(26)27/h1-20,29H,21H2,(H,33,34). The van der Waals surface area contributed by atoms with Crippen molar-refractivity contribution in [1.82, 2.24) is 0 Å². The lowest BCUT2D eigenvalue weighted by molar-refractivity contribution is -0.161. The maximum absolute atomic E-state index is 12.5. The topological polar surface area (TPSA) is 46.5 Å². The van der Waals surface area contributed by atoms with E-state index in [1.54, 1.807) is 11.3 Å². The van der Waals surface area contributed by atoms with Gasteiger partial charge in [0.15, 0.2) is 6.10 Å². The highest BCUT2D eigenvalue weighted by molar-refractivity contribution is 7.26. The molecule has 5 aromatic rings. The van der Waals surface area contributed by atoms with Crippen LogP contribution in [0.25, 0.3) is 25.7 Å². The van der Waals surface area contributed by atoms with Crippen LogP contribution < -0.4 is 0 Å². The lowest BCUT2D eigenvalue weighted by Crippen LogP contribution is -2.33. The minimum absolute atomic E-state index is 0.525. The zero-order valence-electron chi connectivity index (χ0n) is 19.5. The van der Waals surface area contributed by atoms with Gasteiger partial charge in [0.1, 0.15) is 5.60 Å². The van der Waals surface area contributed by atoms with Crippen molar-refractivity contribution in [3.63, 3.8) is 0 Å². The summed E-state index contributed by atoms with van der Waals surface area (Å²) in [5, 5.41) is 12.6. The van der Waals surface area contributed by atoms with Gasteiger partial charge in [-0.3, -0.25) is 0 Å². The number of carboxylic acid groups (broad SMARTS) is 1. The molecule has 2 unspecified atom stereocenters. The van der Waals surface area contributed by atoms with E-state index in [9.17, 15) is 9.90 Å². The summed E-state index contributed by atoms with van der Waals surface area (Å²) in [5.74, 6) is -1.00. The Labute approximate surface area is 213 Å². The molecule has 0 aliphatic heterocycles. The molecule has 1 aromatic heterocycles. The summed E-state index contributed by atoms with van der Waals surface area (Å²) in [6, 6.07) is 34.0. The maximum Gasteiger partial charge on any atom is 0.337 e. The summed E-state index contributed by atoms with van der Waals surface area (Å²) >= 11 is 1.73. The van der Waals surface area contributed by atoms with E-state index < -0.39 is 17.7 Å². The number of rotatable bonds is 6. The summed E-state index contributed by atoms with van der Waals surface area (Å²) < 4.78 is 9.00. The molecule has 0 amide bonds. The van der Waals surface area contributed by atoms with E-state index in [0.29, 0.717) is 12.0 Å². The van der Waals surface area contributed by atoms with E-state index in [4.69, 9.17) is 4.74 Å².